The lowest BCUT2D eigenvalue weighted by Gasteiger charge is -2.09. The summed E-state index contributed by atoms with van der Waals surface area (Å²) in [5, 5.41) is 7.62. The highest BCUT2D eigenvalue weighted by Crippen LogP contribution is 2.15. The fourth-order valence-electron chi connectivity index (χ4n) is 1.77. The van der Waals surface area contributed by atoms with Crippen LogP contribution in [0.1, 0.15) is 28.2 Å². The normalized spacial score (nSPS) is 11.5. The first-order valence-corrected chi connectivity index (χ1v) is 7.85. The van der Waals surface area contributed by atoms with E-state index in [2.05, 4.69) is 39.4 Å². The molecule has 0 amide bonds. The van der Waals surface area contributed by atoms with Crippen molar-refractivity contribution in [2.75, 3.05) is 6.54 Å². The molecule has 5 nitrogen and oxygen atoms in total. The SMILES string of the molecule is CCNC(=NCc1ccccn1)NCc1nc(C)c(C)s1. The number of rotatable bonds is 5. The number of hydrogen-bond acceptors (Lipinski definition) is 4. The summed E-state index contributed by atoms with van der Waals surface area (Å²) in [6.45, 7) is 8.26. The van der Waals surface area contributed by atoms with Gasteiger partial charge in [0.05, 0.1) is 24.5 Å². The summed E-state index contributed by atoms with van der Waals surface area (Å²) in [7, 11) is 0. The topological polar surface area (TPSA) is 62.2 Å². The highest BCUT2D eigenvalue weighted by molar-refractivity contribution is 7.11. The smallest absolute Gasteiger partial charge is 0.191 e. The lowest BCUT2D eigenvalue weighted by Crippen LogP contribution is -2.36. The fraction of sp³-hybridized carbons (Fsp3) is 0.400. The van der Waals surface area contributed by atoms with E-state index >= 15 is 0 Å². The summed E-state index contributed by atoms with van der Waals surface area (Å²) in [4.78, 5) is 14.6. The zero-order chi connectivity index (χ0) is 15.1. The van der Waals surface area contributed by atoms with Crippen molar-refractivity contribution in [1.82, 2.24) is 20.6 Å². The van der Waals surface area contributed by atoms with Crippen LogP contribution in [-0.2, 0) is 13.1 Å². The summed E-state index contributed by atoms with van der Waals surface area (Å²) < 4.78 is 0. The van der Waals surface area contributed by atoms with Crippen molar-refractivity contribution in [2.24, 2.45) is 4.99 Å². The van der Waals surface area contributed by atoms with Gasteiger partial charge < -0.3 is 10.6 Å². The summed E-state index contributed by atoms with van der Waals surface area (Å²) in [5.41, 5.74) is 2.06. The Morgan fingerprint density at radius 1 is 1.29 bits per heavy atom. The number of nitrogens with zero attached hydrogens (tertiary/aromatic N) is 3. The summed E-state index contributed by atoms with van der Waals surface area (Å²) in [6.07, 6.45) is 1.78. The van der Waals surface area contributed by atoms with Gasteiger partial charge in [-0.3, -0.25) is 4.98 Å². The maximum Gasteiger partial charge on any atom is 0.191 e. The van der Waals surface area contributed by atoms with Gasteiger partial charge in [-0.25, -0.2) is 9.98 Å². The first kappa shape index (κ1) is 15.4. The maximum absolute atomic E-state index is 4.54. The standard InChI is InChI=1S/C15H21N5S/c1-4-16-15(18-9-13-7-5-6-8-17-13)19-10-14-20-11(2)12(3)21-14/h5-8H,4,9-10H2,1-3H3,(H2,16,18,19). The van der Waals surface area contributed by atoms with E-state index in [1.165, 1.54) is 4.88 Å². The molecule has 0 atom stereocenters. The van der Waals surface area contributed by atoms with Gasteiger partial charge in [-0.15, -0.1) is 11.3 Å². The third-order valence-electron chi connectivity index (χ3n) is 2.95. The Morgan fingerprint density at radius 3 is 2.76 bits per heavy atom. The highest BCUT2D eigenvalue weighted by Gasteiger charge is 2.04. The van der Waals surface area contributed by atoms with E-state index in [9.17, 15) is 0 Å². The van der Waals surface area contributed by atoms with Gasteiger partial charge in [0.25, 0.3) is 0 Å². The monoisotopic (exact) mass is 303 g/mol. The van der Waals surface area contributed by atoms with Crippen LogP contribution >= 0.6 is 11.3 Å². The first-order valence-electron chi connectivity index (χ1n) is 7.04. The van der Waals surface area contributed by atoms with Crippen molar-refractivity contribution in [3.05, 3.63) is 45.7 Å². The molecule has 0 saturated carbocycles. The number of aromatic nitrogens is 2. The van der Waals surface area contributed by atoms with Crippen LogP contribution in [0.3, 0.4) is 0 Å². The van der Waals surface area contributed by atoms with Crippen LogP contribution in [0.15, 0.2) is 29.4 Å². The van der Waals surface area contributed by atoms with Gasteiger partial charge >= 0.3 is 0 Å². The van der Waals surface area contributed by atoms with Crippen molar-refractivity contribution in [3.63, 3.8) is 0 Å². The largest absolute Gasteiger partial charge is 0.357 e. The van der Waals surface area contributed by atoms with E-state index in [4.69, 9.17) is 0 Å². The molecule has 2 aromatic rings. The predicted octanol–water partition coefficient (Wildman–Crippen LogP) is 2.41. The van der Waals surface area contributed by atoms with E-state index < -0.39 is 0 Å². The van der Waals surface area contributed by atoms with Gasteiger partial charge in [0, 0.05) is 17.6 Å². The van der Waals surface area contributed by atoms with Crippen LogP contribution in [0.25, 0.3) is 0 Å². The Kier molecular flexibility index (Phi) is 5.68. The van der Waals surface area contributed by atoms with Crippen LogP contribution in [0.5, 0.6) is 0 Å². The Bertz CT molecular complexity index is 572. The molecule has 0 aliphatic carbocycles. The van der Waals surface area contributed by atoms with Gasteiger partial charge in [-0.1, -0.05) is 6.07 Å². The molecule has 6 heteroatoms. The van der Waals surface area contributed by atoms with Crippen molar-refractivity contribution < 1.29 is 0 Å². The molecular weight excluding hydrogens is 282 g/mol. The summed E-state index contributed by atoms with van der Waals surface area (Å²) in [5.74, 6) is 0.786. The molecule has 0 aliphatic heterocycles. The van der Waals surface area contributed by atoms with Gasteiger partial charge in [-0.05, 0) is 32.9 Å². The molecular formula is C15H21N5S. The average molecular weight is 303 g/mol. The molecule has 0 radical (unpaired) electrons. The molecule has 21 heavy (non-hydrogen) atoms. The van der Waals surface area contributed by atoms with E-state index in [1.807, 2.05) is 25.1 Å². The van der Waals surface area contributed by atoms with Gasteiger partial charge in [-0.2, -0.15) is 0 Å². The van der Waals surface area contributed by atoms with Crippen molar-refractivity contribution in [1.29, 1.82) is 0 Å². The number of hydrogen-bond donors (Lipinski definition) is 2. The Hall–Kier alpha value is -1.95. The zero-order valence-electron chi connectivity index (χ0n) is 12.7. The minimum absolute atomic E-state index is 0.562. The van der Waals surface area contributed by atoms with Crippen LogP contribution < -0.4 is 10.6 Å². The van der Waals surface area contributed by atoms with Gasteiger partial charge in [0.2, 0.25) is 0 Å². The Morgan fingerprint density at radius 2 is 2.14 bits per heavy atom. The second kappa shape index (κ2) is 7.73. The van der Waals surface area contributed by atoms with E-state index in [0.717, 1.165) is 28.9 Å². The molecule has 0 aromatic carbocycles. The molecule has 0 aliphatic rings. The number of aryl methyl sites for hydroxylation is 2. The average Bonchev–Trinajstić information content (AvgIpc) is 2.82. The highest BCUT2D eigenvalue weighted by atomic mass is 32.1. The molecule has 0 fully saturated rings. The lowest BCUT2D eigenvalue weighted by molar-refractivity contribution is 0.806. The first-order chi connectivity index (χ1) is 10.2. The predicted molar refractivity (Wildman–Crippen MR) is 87.5 cm³/mol. The lowest BCUT2D eigenvalue weighted by atomic mass is 10.3. The number of pyridine rings is 1. The van der Waals surface area contributed by atoms with E-state index in [0.29, 0.717) is 13.1 Å². The molecule has 0 spiro atoms. The maximum atomic E-state index is 4.54. The Labute approximate surface area is 129 Å². The molecule has 112 valence electrons. The third kappa shape index (κ3) is 4.82. The van der Waals surface area contributed by atoms with E-state index in [-0.39, 0.29) is 0 Å². The molecule has 2 rings (SSSR count). The second-order valence-electron chi connectivity index (χ2n) is 4.62. The number of aliphatic imine (C=N–C) groups is 1. The van der Waals surface area contributed by atoms with Crippen LogP contribution in [0.4, 0.5) is 0 Å². The molecule has 2 heterocycles. The Balaban J connectivity index is 1.95. The van der Waals surface area contributed by atoms with Crippen molar-refractivity contribution >= 4 is 17.3 Å². The van der Waals surface area contributed by atoms with Crippen molar-refractivity contribution in [3.8, 4) is 0 Å². The minimum atomic E-state index is 0.562. The number of thiazole rings is 1. The molecule has 2 aromatic heterocycles. The van der Waals surface area contributed by atoms with E-state index in [1.54, 1.807) is 17.5 Å². The molecule has 2 N–H and O–H groups in total. The quantitative estimate of drug-likeness (QED) is 0.658. The molecule has 0 saturated heterocycles. The zero-order valence-corrected chi connectivity index (χ0v) is 13.5. The van der Waals surface area contributed by atoms with Crippen molar-refractivity contribution in [2.45, 2.75) is 33.9 Å². The second-order valence-corrected chi connectivity index (χ2v) is 5.91. The van der Waals surface area contributed by atoms with Crippen LogP contribution in [0, 0.1) is 13.8 Å². The molecule has 0 unspecified atom stereocenters. The van der Waals surface area contributed by atoms with Gasteiger partial charge in [0.1, 0.15) is 5.01 Å². The third-order valence-corrected chi connectivity index (χ3v) is 4.02. The van der Waals surface area contributed by atoms with Crippen LogP contribution in [-0.4, -0.2) is 22.5 Å². The summed E-state index contributed by atoms with van der Waals surface area (Å²) in [6, 6.07) is 5.85. The van der Waals surface area contributed by atoms with Gasteiger partial charge in [0.15, 0.2) is 5.96 Å². The minimum Gasteiger partial charge on any atom is -0.357 e. The fourth-order valence-corrected chi connectivity index (χ4v) is 2.64. The number of nitrogens with one attached hydrogen (secondary N) is 2. The molecule has 0 bridgehead atoms. The van der Waals surface area contributed by atoms with Crippen LogP contribution in [0.2, 0.25) is 0 Å². The summed E-state index contributed by atoms with van der Waals surface area (Å²) >= 11 is 1.72. The number of guanidine groups is 1.